The lowest BCUT2D eigenvalue weighted by atomic mass is 10.2. The van der Waals surface area contributed by atoms with Crippen molar-refractivity contribution in [1.29, 1.82) is 0 Å². The highest BCUT2D eigenvalue weighted by Crippen LogP contribution is 2.22. The number of carbonyl (C=O) groups is 2. The first-order valence-corrected chi connectivity index (χ1v) is 2.50. The fraction of sp³-hybridized carbons (Fsp3) is 0.500. The second kappa shape index (κ2) is 1.68. The van der Waals surface area contributed by atoms with Gasteiger partial charge in [-0.05, 0) is 0 Å². The number of nitrogens with zero attached hydrogens (tertiary/aromatic N) is 1. The molecule has 1 unspecified atom stereocenters. The van der Waals surface area contributed by atoms with E-state index in [4.69, 9.17) is 10.2 Å². The van der Waals surface area contributed by atoms with Crippen molar-refractivity contribution in [2.24, 2.45) is 0 Å². The molecule has 6 nitrogen and oxygen atoms in total. The molecule has 0 radical (unpaired) electrons. The maximum absolute atomic E-state index is 10.3. The van der Waals surface area contributed by atoms with E-state index in [-0.39, 0.29) is 0 Å². The summed E-state index contributed by atoms with van der Waals surface area (Å²) >= 11 is 0. The minimum atomic E-state index is -1.88. The third-order valence-corrected chi connectivity index (χ3v) is 1.40. The van der Waals surface area contributed by atoms with E-state index in [1.54, 1.807) is 0 Å². The summed E-state index contributed by atoms with van der Waals surface area (Å²) in [5, 5.41) is 17.7. The Bertz CT molecular complexity index is 187. The Morgan fingerprint density at radius 2 is 1.70 bits per heavy atom. The van der Waals surface area contributed by atoms with Gasteiger partial charge < -0.3 is 10.2 Å². The Morgan fingerprint density at radius 3 is 1.70 bits per heavy atom. The molecule has 1 rings (SSSR count). The van der Waals surface area contributed by atoms with Crippen molar-refractivity contribution in [2.75, 3.05) is 7.05 Å². The summed E-state index contributed by atoms with van der Waals surface area (Å²) in [6, 6.07) is 0. The first-order valence-electron chi connectivity index (χ1n) is 2.50. The molecule has 1 heterocycles. The summed E-state index contributed by atoms with van der Waals surface area (Å²) in [5.74, 6) is -2.80. The molecule has 56 valence electrons. The molecular formula is C4H6N2O4. The van der Waals surface area contributed by atoms with Crippen LogP contribution in [0.2, 0.25) is 0 Å². The summed E-state index contributed by atoms with van der Waals surface area (Å²) < 4.78 is 0. The third kappa shape index (κ3) is 0.597. The monoisotopic (exact) mass is 146 g/mol. The van der Waals surface area contributed by atoms with E-state index < -0.39 is 17.6 Å². The zero-order valence-corrected chi connectivity index (χ0v) is 5.16. The Balaban J connectivity index is 2.83. The van der Waals surface area contributed by atoms with Gasteiger partial charge in [0.15, 0.2) is 0 Å². The summed E-state index contributed by atoms with van der Waals surface area (Å²) in [6.07, 6.45) is 0. The predicted molar refractivity (Wildman–Crippen MR) is 28.9 cm³/mol. The molecule has 0 aliphatic carbocycles. The number of nitrogens with one attached hydrogen (secondary N) is 1. The second-order valence-corrected chi connectivity index (χ2v) is 1.99. The number of hydrogen-bond acceptors (Lipinski definition) is 4. The van der Waals surface area contributed by atoms with Crippen molar-refractivity contribution in [3.05, 3.63) is 0 Å². The van der Waals surface area contributed by atoms with E-state index in [9.17, 15) is 9.59 Å². The molecule has 1 fully saturated rings. The number of rotatable bonds is 2. The molecule has 0 aromatic carbocycles. The quantitative estimate of drug-likeness (QED) is 0.317. The molecule has 0 spiro atoms. The second-order valence-electron chi connectivity index (χ2n) is 1.99. The lowest BCUT2D eigenvalue weighted by Crippen LogP contribution is -2.38. The van der Waals surface area contributed by atoms with Gasteiger partial charge in [0.2, 0.25) is 0 Å². The maximum atomic E-state index is 10.3. The van der Waals surface area contributed by atoms with E-state index >= 15 is 0 Å². The van der Waals surface area contributed by atoms with Crippen molar-refractivity contribution in [3.8, 4) is 0 Å². The summed E-state index contributed by atoms with van der Waals surface area (Å²) in [4.78, 5) is 20.5. The predicted octanol–water partition coefficient (Wildman–Crippen LogP) is -1.70. The Labute approximate surface area is 56.0 Å². The van der Waals surface area contributed by atoms with Gasteiger partial charge in [-0.3, -0.25) is 0 Å². The molecule has 0 bridgehead atoms. The highest BCUT2D eigenvalue weighted by Gasteiger charge is 2.64. The van der Waals surface area contributed by atoms with Gasteiger partial charge in [0, 0.05) is 7.05 Å². The number of hydrogen-bond donors (Lipinski definition) is 3. The maximum Gasteiger partial charge on any atom is 0.353 e. The van der Waals surface area contributed by atoms with E-state index in [1.165, 1.54) is 7.05 Å². The molecule has 3 N–H and O–H groups in total. The Hall–Kier alpha value is -1.14. The lowest BCUT2D eigenvalue weighted by Gasteiger charge is -1.98. The largest absolute Gasteiger partial charge is 0.478 e. The minimum Gasteiger partial charge on any atom is -0.478 e. The third-order valence-electron chi connectivity index (χ3n) is 1.40. The number of carboxylic acid groups (broad SMARTS) is 2. The van der Waals surface area contributed by atoms with Crippen LogP contribution in [0.1, 0.15) is 0 Å². The molecule has 1 atom stereocenters. The van der Waals surface area contributed by atoms with Gasteiger partial charge in [0.05, 0.1) is 0 Å². The van der Waals surface area contributed by atoms with Crippen LogP contribution in [-0.2, 0) is 9.59 Å². The summed E-state index contributed by atoms with van der Waals surface area (Å²) in [7, 11) is 1.35. The van der Waals surface area contributed by atoms with Crippen molar-refractivity contribution in [3.63, 3.8) is 0 Å². The summed E-state index contributed by atoms with van der Waals surface area (Å²) in [5.41, 5.74) is 0.303. The van der Waals surface area contributed by atoms with Crippen molar-refractivity contribution >= 4 is 11.9 Å². The van der Waals surface area contributed by atoms with E-state index in [1.807, 2.05) is 0 Å². The molecule has 0 saturated carbocycles. The molecule has 0 aromatic rings. The molecule has 6 heteroatoms. The van der Waals surface area contributed by atoms with Crippen molar-refractivity contribution in [2.45, 2.75) is 5.66 Å². The van der Waals surface area contributed by atoms with Crippen LogP contribution in [0.25, 0.3) is 0 Å². The van der Waals surface area contributed by atoms with Crippen LogP contribution < -0.4 is 5.43 Å². The minimum absolute atomic E-state index is 1.01. The molecule has 1 aliphatic rings. The van der Waals surface area contributed by atoms with E-state index in [0.29, 0.717) is 0 Å². The first-order chi connectivity index (χ1) is 4.51. The normalized spacial score (nSPS) is 27.5. The van der Waals surface area contributed by atoms with Crippen LogP contribution in [0.3, 0.4) is 0 Å². The molecule has 0 aromatic heterocycles. The van der Waals surface area contributed by atoms with Crippen LogP contribution >= 0.6 is 0 Å². The number of carboxylic acids is 2. The zero-order valence-electron chi connectivity index (χ0n) is 5.16. The molecule has 1 aliphatic heterocycles. The van der Waals surface area contributed by atoms with Gasteiger partial charge in [0.25, 0.3) is 5.66 Å². The topological polar surface area (TPSA) is 99.5 Å². The molecule has 10 heavy (non-hydrogen) atoms. The van der Waals surface area contributed by atoms with E-state index in [0.717, 1.165) is 5.01 Å². The fourth-order valence-corrected chi connectivity index (χ4v) is 0.692. The van der Waals surface area contributed by atoms with Crippen LogP contribution in [0.15, 0.2) is 0 Å². The van der Waals surface area contributed by atoms with Crippen LogP contribution in [-0.4, -0.2) is 39.9 Å². The van der Waals surface area contributed by atoms with Gasteiger partial charge in [-0.15, -0.1) is 0 Å². The van der Waals surface area contributed by atoms with Gasteiger partial charge in [0.1, 0.15) is 0 Å². The molecule has 0 amide bonds. The Kier molecular flexibility index (Phi) is 1.17. The zero-order chi connectivity index (χ0) is 7.94. The average Bonchev–Trinajstić information content (AvgIpc) is 2.42. The molecule has 1 saturated heterocycles. The van der Waals surface area contributed by atoms with Crippen LogP contribution in [0.5, 0.6) is 0 Å². The Morgan fingerprint density at radius 1 is 1.40 bits per heavy atom. The van der Waals surface area contributed by atoms with E-state index in [2.05, 4.69) is 5.43 Å². The van der Waals surface area contributed by atoms with Gasteiger partial charge in [-0.1, -0.05) is 0 Å². The smallest absolute Gasteiger partial charge is 0.353 e. The lowest BCUT2D eigenvalue weighted by molar-refractivity contribution is -0.153. The average molecular weight is 146 g/mol. The first kappa shape index (κ1) is 6.97. The fourth-order valence-electron chi connectivity index (χ4n) is 0.692. The highest BCUT2D eigenvalue weighted by atomic mass is 16.4. The van der Waals surface area contributed by atoms with Crippen LogP contribution in [0.4, 0.5) is 0 Å². The number of likely N-dealkylation sites (N-methyl/N-ethyl adjacent to an activating group) is 1. The standard InChI is InChI=1S/C4H6N2O4/c1-6-4(5-6,2(7)8)3(9)10/h5H,1H3,(H,7,8)(H,9,10). The van der Waals surface area contributed by atoms with Gasteiger partial charge in [-0.2, -0.15) is 0 Å². The SMILES string of the molecule is CN1NC1(C(=O)O)C(=O)O. The van der Waals surface area contributed by atoms with Gasteiger partial charge >= 0.3 is 11.9 Å². The van der Waals surface area contributed by atoms with Crippen molar-refractivity contribution in [1.82, 2.24) is 10.4 Å². The highest BCUT2D eigenvalue weighted by molar-refractivity contribution is 6.05. The molecular weight excluding hydrogens is 140 g/mol. The number of aliphatic carboxylic acids is 2. The number of hydrazine groups is 1. The summed E-state index contributed by atoms with van der Waals surface area (Å²) in [6.45, 7) is 0. The van der Waals surface area contributed by atoms with Crippen LogP contribution in [0, 0.1) is 0 Å². The van der Waals surface area contributed by atoms with Crippen molar-refractivity contribution < 1.29 is 19.8 Å². The van der Waals surface area contributed by atoms with Gasteiger partial charge in [-0.25, -0.2) is 20.0 Å².